The van der Waals surface area contributed by atoms with E-state index in [9.17, 15) is 5.11 Å². The molecule has 0 bridgehead atoms. The summed E-state index contributed by atoms with van der Waals surface area (Å²) in [5.41, 5.74) is 0. The van der Waals surface area contributed by atoms with Gasteiger partial charge in [0.2, 0.25) is 0 Å². The molecule has 1 fully saturated rings. The zero-order valence-electron chi connectivity index (χ0n) is 14.3. The van der Waals surface area contributed by atoms with Crippen LogP contribution in [0.4, 0.5) is 0 Å². The Morgan fingerprint density at radius 2 is 1.70 bits per heavy atom. The molecular formula is C15H32O4Si. The van der Waals surface area contributed by atoms with Gasteiger partial charge in [0.05, 0.1) is 18.8 Å². The lowest BCUT2D eigenvalue weighted by Crippen LogP contribution is -2.53. The van der Waals surface area contributed by atoms with Crippen LogP contribution in [-0.2, 0) is 13.9 Å². The second kappa shape index (κ2) is 6.44. The summed E-state index contributed by atoms with van der Waals surface area (Å²) in [5, 5.41) is 10.5. The molecule has 0 aromatic heterocycles. The number of hydrogen-bond donors (Lipinski definition) is 1. The first-order valence-corrected chi connectivity index (χ1v) is 10.4. The first-order chi connectivity index (χ1) is 9.01. The van der Waals surface area contributed by atoms with Gasteiger partial charge < -0.3 is 19.0 Å². The average molecular weight is 305 g/mol. The van der Waals surface area contributed by atoms with Gasteiger partial charge >= 0.3 is 0 Å². The van der Waals surface area contributed by atoms with Crippen LogP contribution >= 0.6 is 0 Å². The highest BCUT2D eigenvalue weighted by Gasteiger charge is 2.43. The molecule has 1 heterocycles. The van der Waals surface area contributed by atoms with Gasteiger partial charge in [-0.3, -0.25) is 0 Å². The van der Waals surface area contributed by atoms with Crippen molar-refractivity contribution in [3.63, 3.8) is 0 Å². The third-order valence-corrected chi connectivity index (χ3v) is 9.55. The van der Waals surface area contributed by atoms with Crippen molar-refractivity contribution in [1.82, 2.24) is 0 Å². The van der Waals surface area contributed by atoms with Gasteiger partial charge in [0.15, 0.2) is 14.6 Å². The maximum atomic E-state index is 10.3. The standard InChI is InChI=1S/C15H32O4Si/c1-10-12(9-18-20(7,8)15(3,4)5)19-14(17-6)11(2)13(10)16/h10-14,16H,9H2,1-8H3/t10-,11-,12-,13-,14+/m1/s1. The Labute approximate surface area is 124 Å². The molecule has 1 rings (SSSR count). The van der Waals surface area contributed by atoms with Gasteiger partial charge in [0, 0.05) is 18.9 Å². The molecule has 0 saturated carbocycles. The van der Waals surface area contributed by atoms with E-state index < -0.39 is 14.4 Å². The lowest BCUT2D eigenvalue weighted by Gasteiger charge is -2.44. The summed E-state index contributed by atoms with van der Waals surface area (Å²) in [4.78, 5) is 0. The molecule has 0 spiro atoms. The summed E-state index contributed by atoms with van der Waals surface area (Å²) in [6.45, 7) is 15.6. The van der Waals surface area contributed by atoms with Crippen LogP contribution in [0.15, 0.2) is 0 Å². The van der Waals surface area contributed by atoms with Crippen molar-refractivity contribution in [3.8, 4) is 0 Å². The second-order valence-corrected chi connectivity index (χ2v) is 12.4. The number of hydrogen-bond acceptors (Lipinski definition) is 4. The Balaban J connectivity index is 2.68. The minimum absolute atomic E-state index is 0.0147. The van der Waals surface area contributed by atoms with Crippen molar-refractivity contribution in [3.05, 3.63) is 0 Å². The highest BCUT2D eigenvalue weighted by Crippen LogP contribution is 2.38. The molecule has 1 aliphatic heterocycles. The molecule has 0 aromatic rings. The summed E-state index contributed by atoms with van der Waals surface area (Å²) < 4.78 is 17.5. The third kappa shape index (κ3) is 3.83. The second-order valence-electron chi connectivity index (χ2n) is 7.56. The maximum absolute atomic E-state index is 10.3. The third-order valence-electron chi connectivity index (χ3n) is 5.05. The Morgan fingerprint density at radius 3 is 2.15 bits per heavy atom. The van der Waals surface area contributed by atoms with Crippen LogP contribution < -0.4 is 0 Å². The number of methoxy groups -OCH3 is 1. The van der Waals surface area contributed by atoms with Gasteiger partial charge in [-0.15, -0.1) is 0 Å². The first kappa shape index (κ1) is 18.1. The molecule has 1 saturated heterocycles. The Hall–Kier alpha value is 0.0569. The molecule has 5 atom stereocenters. The monoisotopic (exact) mass is 304 g/mol. The molecule has 120 valence electrons. The molecule has 4 nitrogen and oxygen atoms in total. The highest BCUT2D eigenvalue weighted by atomic mass is 28.4. The Kier molecular flexibility index (Phi) is 5.83. The fraction of sp³-hybridized carbons (Fsp3) is 1.00. The molecule has 1 aliphatic rings. The molecule has 1 N–H and O–H groups in total. The van der Waals surface area contributed by atoms with E-state index in [1.54, 1.807) is 7.11 Å². The van der Waals surface area contributed by atoms with E-state index in [1.807, 2.05) is 13.8 Å². The van der Waals surface area contributed by atoms with E-state index in [-0.39, 0.29) is 29.3 Å². The van der Waals surface area contributed by atoms with E-state index >= 15 is 0 Å². The van der Waals surface area contributed by atoms with E-state index in [0.717, 1.165) is 0 Å². The fourth-order valence-electron chi connectivity index (χ4n) is 2.25. The summed E-state index contributed by atoms with van der Waals surface area (Å²) in [7, 11) is -0.171. The van der Waals surface area contributed by atoms with E-state index in [0.29, 0.717) is 6.61 Å². The zero-order chi connectivity index (χ0) is 15.7. The van der Waals surface area contributed by atoms with Crippen LogP contribution in [0.3, 0.4) is 0 Å². The normalized spacial score (nSPS) is 36.1. The van der Waals surface area contributed by atoms with E-state index in [1.165, 1.54) is 0 Å². The fourth-order valence-corrected chi connectivity index (χ4v) is 3.26. The van der Waals surface area contributed by atoms with Crippen LogP contribution in [0, 0.1) is 11.8 Å². The van der Waals surface area contributed by atoms with E-state index in [4.69, 9.17) is 13.9 Å². The Morgan fingerprint density at radius 1 is 1.15 bits per heavy atom. The minimum Gasteiger partial charge on any atom is -0.414 e. The Bertz CT molecular complexity index is 311. The molecule has 0 aromatic carbocycles. The maximum Gasteiger partial charge on any atom is 0.192 e. The SMILES string of the molecule is CO[C@H]1O[C@H](CO[Si](C)(C)C(C)(C)C)[C@@H](C)[C@@H](O)[C@H]1C. The summed E-state index contributed by atoms with van der Waals surface area (Å²) in [6, 6.07) is 0. The predicted molar refractivity (Wildman–Crippen MR) is 83.2 cm³/mol. The van der Waals surface area contributed by atoms with Crippen molar-refractivity contribution in [2.24, 2.45) is 11.8 Å². The first-order valence-electron chi connectivity index (χ1n) is 7.51. The van der Waals surface area contributed by atoms with E-state index in [2.05, 4.69) is 33.9 Å². The number of aliphatic hydroxyl groups is 1. The predicted octanol–water partition coefficient (Wildman–Crippen LogP) is 3.01. The summed E-state index contributed by atoms with van der Waals surface area (Å²) in [6.07, 6.45) is -0.879. The molecular weight excluding hydrogens is 272 g/mol. The quantitative estimate of drug-likeness (QED) is 0.811. The molecule has 0 unspecified atom stereocenters. The van der Waals surface area contributed by atoms with Gasteiger partial charge in [-0.25, -0.2) is 0 Å². The number of ether oxygens (including phenoxy) is 2. The smallest absolute Gasteiger partial charge is 0.192 e. The molecule has 0 radical (unpaired) electrons. The van der Waals surface area contributed by atoms with Gasteiger partial charge in [-0.1, -0.05) is 34.6 Å². The molecule has 0 amide bonds. The van der Waals surface area contributed by atoms with Crippen LogP contribution in [-0.4, -0.2) is 45.6 Å². The molecule has 5 heteroatoms. The van der Waals surface area contributed by atoms with Crippen molar-refractivity contribution in [1.29, 1.82) is 0 Å². The minimum atomic E-state index is -1.79. The van der Waals surface area contributed by atoms with Crippen LogP contribution in [0.25, 0.3) is 0 Å². The van der Waals surface area contributed by atoms with Crippen molar-refractivity contribution in [2.45, 2.75) is 71.2 Å². The number of rotatable bonds is 4. The summed E-state index contributed by atoms with van der Waals surface area (Å²) in [5.74, 6) is 0.0419. The largest absolute Gasteiger partial charge is 0.414 e. The summed E-state index contributed by atoms with van der Waals surface area (Å²) >= 11 is 0. The van der Waals surface area contributed by atoms with Crippen LogP contribution in [0.2, 0.25) is 18.1 Å². The van der Waals surface area contributed by atoms with Crippen LogP contribution in [0.5, 0.6) is 0 Å². The molecule has 20 heavy (non-hydrogen) atoms. The van der Waals surface area contributed by atoms with Crippen molar-refractivity contribution >= 4 is 8.32 Å². The lowest BCUT2D eigenvalue weighted by molar-refractivity contribution is -0.257. The van der Waals surface area contributed by atoms with Crippen molar-refractivity contribution < 1.29 is 19.0 Å². The average Bonchev–Trinajstić information content (AvgIpc) is 2.34. The van der Waals surface area contributed by atoms with Gasteiger partial charge in [-0.05, 0) is 18.1 Å². The van der Waals surface area contributed by atoms with Crippen molar-refractivity contribution in [2.75, 3.05) is 13.7 Å². The molecule has 0 aliphatic carbocycles. The lowest BCUT2D eigenvalue weighted by atomic mass is 9.86. The van der Waals surface area contributed by atoms with Gasteiger partial charge in [0.25, 0.3) is 0 Å². The number of aliphatic hydroxyl groups excluding tert-OH is 1. The van der Waals surface area contributed by atoms with Gasteiger partial charge in [0.1, 0.15) is 0 Å². The van der Waals surface area contributed by atoms with Crippen LogP contribution in [0.1, 0.15) is 34.6 Å². The highest BCUT2D eigenvalue weighted by molar-refractivity contribution is 6.74. The zero-order valence-corrected chi connectivity index (χ0v) is 15.3. The topological polar surface area (TPSA) is 47.9 Å². The van der Waals surface area contributed by atoms with Gasteiger partial charge in [-0.2, -0.15) is 0 Å².